The Hall–Kier alpha value is -0.890. The SMILES string of the molecule is CC(C)(C)OC(=O)N1C[C@H](OCCOC2CCCCO2)[C@@H](N)C1. The molecule has 23 heavy (non-hydrogen) atoms. The predicted octanol–water partition coefficient (Wildman–Crippen LogP) is 1.49. The van der Waals surface area contributed by atoms with Crippen LogP contribution in [0.5, 0.6) is 0 Å². The van der Waals surface area contributed by atoms with Gasteiger partial charge in [0.25, 0.3) is 0 Å². The van der Waals surface area contributed by atoms with Gasteiger partial charge in [0, 0.05) is 13.2 Å². The molecule has 1 amide bonds. The van der Waals surface area contributed by atoms with Gasteiger partial charge in [-0.05, 0) is 40.0 Å². The Morgan fingerprint density at radius 1 is 1.22 bits per heavy atom. The lowest BCUT2D eigenvalue weighted by atomic mass is 10.2. The average molecular weight is 330 g/mol. The molecule has 0 radical (unpaired) electrons. The lowest BCUT2D eigenvalue weighted by Gasteiger charge is -2.24. The van der Waals surface area contributed by atoms with E-state index in [1.807, 2.05) is 20.8 Å². The number of nitrogens with zero attached hydrogens (tertiary/aromatic N) is 1. The van der Waals surface area contributed by atoms with Crippen molar-refractivity contribution in [3.8, 4) is 0 Å². The number of hydrogen-bond donors (Lipinski definition) is 1. The normalized spacial score (nSPS) is 28.9. The molecule has 0 saturated carbocycles. The van der Waals surface area contributed by atoms with Crippen molar-refractivity contribution in [3.63, 3.8) is 0 Å². The van der Waals surface area contributed by atoms with Crippen molar-refractivity contribution in [3.05, 3.63) is 0 Å². The van der Waals surface area contributed by atoms with Gasteiger partial charge in [-0.3, -0.25) is 0 Å². The number of rotatable bonds is 5. The molecule has 2 rings (SSSR count). The van der Waals surface area contributed by atoms with Crippen LogP contribution in [0.1, 0.15) is 40.0 Å². The van der Waals surface area contributed by atoms with Crippen molar-refractivity contribution >= 4 is 6.09 Å². The van der Waals surface area contributed by atoms with Gasteiger partial charge in [-0.2, -0.15) is 0 Å². The van der Waals surface area contributed by atoms with Crippen molar-refractivity contribution in [1.82, 2.24) is 4.90 Å². The van der Waals surface area contributed by atoms with E-state index in [1.165, 1.54) is 0 Å². The van der Waals surface area contributed by atoms with E-state index in [0.717, 1.165) is 25.9 Å². The zero-order valence-corrected chi connectivity index (χ0v) is 14.5. The summed E-state index contributed by atoms with van der Waals surface area (Å²) in [5.74, 6) is 0. The third kappa shape index (κ3) is 6.25. The highest BCUT2D eigenvalue weighted by Gasteiger charge is 2.35. The van der Waals surface area contributed by atoms with Crippen LogP contribution < -0.4 is 5.73 Å². The van der Waals surface area contributed by atoms with Crippen LogP contribution in [0.25, 0.3) is 0 Å². The number of likely N-dealkylation sites (tertiary alicyclic amines) is 1. The van der Waals surface area contributed by atoms with Crippen LogP contribution in [0, 0.1) is 0 Å². The Labute approximate surface area is 138 Å². The molecule has 1 unspecified atom stereocenters. The van der Waals surface area contributed by atoms with Gasteiger partial charge >= 0.3 is 6.09 Å². The third-order valence-corrected chi connectivity index (χ3v) is 3.82. The van der Waals surface area contributed by atoms with Crippen LogP contribution in [0.2, 0.25) is 0 Å². The Kier molecular flexibility index (Phi) is 6.64. The number of hydrogen-bond acceptors (Lipinski definition) is 6. The molecule has 2 N–H and O–H groups in total. The topological polar surface area (TPSA) is 83.2 Å². The lowest BCUT2D eigenvalue weighted by Crippen LogP contribution is -2.37. The van der Waals surface area contributed by atoms with Crippen LogP contribution in [-0.4, -0.2) is 67.9 Å². The summed E-state index contributed by atoms with van der Waals surface area (Å²) in [5, 5.41) is 0. The maximum absolute atomic E-state index is 12.0. The third-order valence-electron chi connectivity index (χ3n) is 3.82. The second-order valence-corrected chi connectivity index (χ2v) is 7.13. The molecular formula is C16H30N2O5. The maximum Gasteiger partial charge on any atom is 0.410 e. The minimum atomic E-state index is -0.506. The van der Waals surface area contributed by atoms with Crippen LogP contribution in [0.3, 0.4) is 0 Å². The number of nitrogens with two attached hydrogens (primary N) is 1. The summed E-state index contributed by atoms with van der Waals surface area (Å²) in [6, 6.07) is -0.201. The van der Waals surface area contributed by atoms with Crippen LogP contribution in [0.4, 0.5) is 4.79 Å². The maximum atomic E-state index is 12.0. The molecule has 0 bridgehead atoms. The van der Waals surface area contributed by atoms with E-state index in [2.05, 4.69) is 0 Å². The first-order chi connectivity index (χ1) is 10.8. The summed E-state index contributed by atoms with van der Waals surface area (Å²) in [5.41, 5.74) is 5.55. The number of carbonyl (C=O) groups excluding carboxylic acids is 1. The zero-order chi connectivity index (χ0) is 16.9. The zero-order valence-electron chi connectivity index (χ0n) is 14.5. The van der Waals surface area contributed by atoms with E-state index in [9.17, 15) is 4.79 Å². The van der Waals surface area contributed by atoms with Crippen molar-refractivity contribution in [2.75, 3.05) is 32.9 Å². The second-order valence-electron chi connectivity index (χ2n) is 7.13. The molecular weight excluding hydrogens is 300 g/mol. The highest BCUT2D eigenvalue weighted by atomic mass is 16.7. The number of carbonyl (C=O) groups is 1. The van der Waals surface area contributed by atoms with E-state index in [0.29, 0.717) is 26.3 Å². The summed E-state index contributed by atoms with van der Waals surface area (Å²) in [6.07, 6.45) is 2.56. The molecule has 0 aromatic carbocycles. The monoisotopic (exact) mass is 330 g/mol. The quantitative estimate of drug-likeness (QED) is 0.769. The van der Waals surface area contributed by atoms with Gasteiger partial charge in [0.15, 0.2) is 6.29 Å². The van der Waals surface area contributed by atoms with Crippen LogP contribution >= 0.6 is 0 Å². The molecule has 2 aliphatic heterocycles. The molecule has 0 aromatic heterocycles. The van der Waals surface area contributed by atoms with Crippen LogP contribution in [0.15, 0.2) is 0 Å². The van der Waals surface area contributed by atoms with E-state index < -0.39 is 5.60 Å². The standard InChI is InChI=1S/C16H30N2O5/c1-16(2,3)23-15(19)18-10-12(17)13(11-18)20-8-9-22-14-6-4-5-7-21-14/h12-14H,4-11,17H2,1-3H3/t12-,13-,14?/m0/s1. The smallest absolute Gasteiger partial charge is 0.410 e. The van der Waals surface area contributed by atoms with Crippen molar-refractivity contribution in [2.45, 2.75) is 64.1 Å². The highest BCUT2D eigenvalue weighted by Crippen LogP contribution is 2.17. The minimum Gasteiger partial charge on any atom is -0.444 e. The number of ether oxygens (including phenoxy) is 4. The number of amides is 1. The van der Waals surface area contributed by atoms with Crippen molar-refractivity contribution < 1.29 is 23.7 Å². The molecule has 0 aliphatic carbocycles. The highest BCUT2D eigenvalue weighted by molar-refractivity contribution is 5.68. The molecule has 2 fully saturated rings. The summed E-state index contributed by atoms with van der Waals surface area (Å²) in [7, 11) is 0. The first kappa shape index (κ1) is 18.4. The fourth-order valence-corrected chi connectivity index (χ4v) is 2.67. The predicted molar refractivity (Wildman–Crippen MR) is 85.1 cm³/mol. The minimum absolute atomic E-state index is 0.108. The van der Waals surface area contributed by atoms with Gasteiger partial charge in [0.2, 0.25) is 0 Å². The van der Waals surface area contributed by atoms with E-state index in [-0.39, 0.29) is 24.5 Å². The van der Waals surface area contributed by atoms with Gasteiger partial charge in [0.05, 0.1) is 31.9 Å². The summed E-state index contributed by atoms with van der Waals surface area (Å²) in [4.78, 5) is 13.6. The Morgan fingerprint density at radius 3 is 2.61 bits per heavy atom. The Bertz CT molecular complexity index is 379. The van der Waals surface area contributed by atoms with Gasteiger partial charge in [-0.25, -0.2) is 4.79 Å². The largest absolute Gasteiger partial charge is 0.444 e. The van der Waals surface area contributed by atoms with Crippen molar-refractivity contribution in [2.24, 2.45) is 5.73 Å². The molecule has 2 aliphatic rings. The van der Waals surface area contributed by atoms with Gasteiger partial charge in [-0.1, -0.05) is 0 Å². The first-order valence-corrected chi connectivity index (χ1v) is 8.43. The molecule has 134 valence electrons. The van der Waals surface area contributed by atoms with Crippen LogP contribution in [-0.2, 0) is 18.9 Å². The van der Waals surface area contributed by atoms with Crippen molar-refractivity contribution in [1.29, 1.82) is 0 Å². The summed E-state index contributed by atoms with van der Waals surface area (Å²) >= 11 is 0. The summed E-state index contributed by atoms with van der Waals surface area (Å²) in [6.45, 7) is 8.13. The molecule has 2 heterocycles. The van der Waals surface area contributed by atoms with E-state index in [1.54, 1.807) is 4.90 Å². The van der Waals surface area contributed by atoms with Gasteiger partial charge < -0.3 is 29.6 Å². The summed E-state index contributed by atoms with van der Waals surface area (Å²) < 4.78 is 22.2. The molecule has 0 aromatic rings. The Balaban J connectivity index is 1.65. The average Bonchev–Trinajstić information content (AvgIpc) is 2.84. The first-order valence-electron chi connectivity index (χ1n) is 8.43. The van der Waals surface area contributed by atoms with E-state index in [4.69, 9.17) is 24.7 Å². The fourth-order valence-electron chi connectivity index (χ4n) is 2.67. The van der Waals surface area contributed by atoms with E-state index >= 15 is 0 Å². The molecule has 0 spiro atoms. The fraction of sp³-hybridized carbons (Fsp3) is 0.938. The molecule has 7 nitrogen and oxygen atoms in total. The molecule has 2 saturated heterocycles. The lowest BCUT2D eigenvalue weighted by molar-refractivity contribution is -0.171. The molecule has 7 heteroatoms. The second kappa shape index (κ2) is 8.28. The Morgan fingerprint density at radius 2 is 1.96 bits per heavy atom. The van der Waals surface area contributed by atoms with Gasteiger partial charge in [0.1, 0.15) is 5.60 Å². The van der Waals surface area contributed by atoms with Gasteiger partial charge in [-0.15, -0.1) is 0 Å². The molecule has 3 atom stereocenters.